The Morgan fingerprint density at radius 3 is 2.93 bits per heavy atom. The fourth-order valence-electron chi connectivity index (χ4n) is 3.72. The molecule has 0 radical (unpaired) electrons. The van der Waals surface area contributed by atoms with Crippen molar-refractivity contribution in [2.75, 3.05) is 18.5 Å². The molecular weight excluding hydrogens is 400 g/mol. The van der Waals surface area contributed by atoms with Gasteiger partial charge >= 0.3 is 0 Å². The lowest BCUT2D eigenvalue weighted by Gasteiger charge is -2.34. The lowest BCUT2D eigenvalue weighted by atomic mass is 9.81. The molecule has 1 saturated carbocycles. The Morgan fingerprint density at radius 2 is 2.17 bits per heavy atom. The second-order valence-electron chi connectivity index (χ2n) is 7.95. The second-order valence-corrected chi connectivity index (χ2v) is 8.98. The molecule has 5 rings (SSSR count). The van der Waals surface area contributed by atoms with Gasteiger partial charge in [-0.2, -0.15) is 4.98 Å². The summed E-state index contributed by atoms with van der Waals surface area (Å²) in [7, 11) is 0. The van der Waals surface area contributed by atoms with E-state index in [1.54, 1.807) is 23.6 Å². The maximum absolute atomic E-state index is 10.6. The summed E-state index contributed by atoms with van der Waals surface area (Å²) in [6.07, 6.45) is 7.10. The molecule has 1 atom stereocenters. The molecular formula is C22H24N4O3S. The Labute approximate surface area is 179 Å². The SMILES string of the molecule is Cc1cc(Nc2nccc(O[C@H]3CCOC3)n2)cc(-c2cnc(C3(O)CCC3)s2)c1. The topological polar surface area (TPSA) is 89.4 Å². The molecule has 3 aromatic rings. The van der Waals surface area contributed by atoms with E-state index in [0.29, 0.717) is 18.4 Å². The number of ether oxygens (including phenoxy) is 2. The molecule has 1 aliphatic heterocycles. The summed E-state index contributed by atoms with van der Waals surface area (Å²) in [6.45, 7) is 3.38. The summed E-state index contributed by atoms with van der Waals surface area (Å²) < 4.78 is 11.2. The third-order valence-electron chi connectivity index (χ3n) is 5.51. The van der Waals surface area contributed by atoms with Crippen LogP contribution in [0.1, 0.15) is 36.3 Å². The monoisotopic (exact) mass is 424 g/mol. The fourth-order valence-corrected chi connectivity index (χ4v) is 4.77. The van der Waals surface area contributed by atoms with E-state index in [-0.39, 0.29) is 6.10 Å². The van der Waals surface area contributed by atoms with E-state index in [1.807, 2.05) is 12.3 Å². The number of hydrogen-bond donors (Lipinski definition) is 2. The van der Waals surface area contributed by atoms with E-state index in [2.05, 4.69) is 39.3 Å². The predicted molar refractivity (Wildman–Crippen MR) is 115 cm³/mol. The first-order chi connectivity index (χ1) is 14.6. The van der Waals surface area contributed by atoms with Gasteiger partial charge in [0.2, 0.25) is 11.8 Å². The van der Waals surface area contributed by atoms with Crippen molar-refractivity contribution in [2.24, 2.45) is 0 Å². The number of thiazole rings is 1. The van der Waals surface area contributed by atoms with Crippen molar-refractivity contribution in [3.63, 3.8) is 0 Å². The average molecular weight is 425 g/mol. The number of nitrogens with zero attached hydrogens (tertiary/aromatic N) is 3. The van der Waals surface area contributed by atoms with Gasteiger partial charge in [-0.05, 0) is 49.4 Å². The van der Waals surface area contributed by atoms with E-state index in [9.17, 15) is 5.11 Å². The van der Waals surface area contributed by atoms with Crippen LogP contribution in [0.15, 0.2) is 36.7 Å². The van der Waals surface area contributed by atoms with Crippen molar-refractivity contribution in [3.05, 3.63) is 47.2 Å². The zero-order valence-electron chi connectivity index (χ0n) is 16.8. The van der Waals surface area contributed by atoms with Gasteiger partial charge < -0.3 is 19.9 Å². The zero-order valence-corrected chi connectivity index (χ0v) is 17.6. The minimum absolute atomic E-state index is 0.0457. The van der Waals surface area contributed by atoms with E-state index in [4.69, 9.17) is 9.47 Å². The van der Waals surface area contributed by atoms with Crippen LogP contribution in [-0.2, 0) is 10.3 Å². The molecule has 0 amide bonds. The molecule has 1 aliphatic carbocycles. The molecule has 2 aliphatic rings. The maximum atomic E-state index is 10.6. The van der Waals surface area contributed by atoms with Crippen LogP contribution in [0.2, 0.25) is 0 Å². The number of aliphatic hydroxyl groups is 1. The number of benzene rings is 1. The lowest BCUT2D eigenvalue weighted by molar-refractivity contribution is -0.0389. The number of nitrogens with one attached hydrogen (secondary N) is 1. The van der Waals surface area contributed by atoms with E-state index in [0.717, 1.165) is 59.0 Å². The molecule has 2 N–H and O–H groups in total. The van der Waals surface area contributed by atoms with Crippen molar-refractivity contribution < 1.29 is 14.6 Å². The molecule has 2 fully saturated rings. The highest BCUT2D eigenvalue weighted by atomic mass is 32.1. The van der Waals surface area contributed by atoms with Crippen LogP contribution in [0.25, 0.3) is 10.4 Å². The molecule has 7 nitrogen and oxygen atoms in total. The van der Waals surface area contributed by atoms with E-state index < -0.39 is 5.60 Å². The molecule has 1 saturated heterocycles. The summed E-state index contributed by atoms with van der Waals surface area (Å²) in [5.41, 5.74) is 2.33. The lowest BCUT2D eigenvalue weighted by Crippen LogP contribution is -2.33. The summed E-state index contributed by atoms with van der Waals surface area (Å²) in [4.78, 5) is 14.3. The van der Waals surface area contributed by atoms with Gasteiger partial charge in [0.15, 0.2) is 0 Å². The number of rotatable bonds is 6. The van der Waals surface area contributed by atoms with Gasteiger partial charge in [0, 0.05) is 30.6 Å². The van der Waals surface area contributed by atoms with E-state index in [1.165, 1.54) is 0 Å². The van der Waals surface area contributed by atoms with Crippen LogP contribution in [0.3, 0.4) is 0 Å². The first kappa shape index (κ1) is 19.4. The van der Waals surface area contributed by atoms with Gasteiger partial charge in [0.05, 0.1) is 18.1 Å². The Balaban J connectivity index is 1.35. The molecule has 1 aromatic carbocycles. The number of hydrogen-bond acceptors (Lipinski definition) is 8. The van der Waals surface area contributed by atoms with Crippen LogP contribution >= 0.6 is 11.3 Å². The first-order valence-corrected chi connectivity index (χ1v) is 11.0. The van der Waals surface area contributed by atoms with Crippen molar-refractivity contribution in [1.29, 1.82) is 0 Å². The molecule has 2 aromatic heterocycles. The van der Waals surface area contributed by atoms with Crippen LogP contribution < -0.4 is 10.1 Å². The van der Waals surface area contributed by atoms with Gasteiger partial charge in [0.1, 0.15) is 16.7 Å². The Bertz CT molecular complexity index is 1040. The molecule has 0 unspecified atom stereocenters. The standard InChI is InChI=1S/C22H24N4O3S/c1-14-9-15(18-12-24-20(30-18)22(27)5-2-6-22)11-16(10-14)25-21-23-7-3-19(26-21)29-17-4-8-28-13-17/h3,7,9-12,17,27H,2,4-6,8,13H2,1H3,(H,23,25,26)/t17-/m0/s1. The summed E-state index contributed by atoms with van der Waals surface area (Å²) >= 11 is 1.56. The molecule has 3 heterocycles. The number of aryl methyl sites for hydroxylation is 1. The predicted octanol–water partition coefficient (Wildman–Crippen LogP) is 4.19. The van der Waals surface area contributed by atoms with Gasteiger partial charge in [-0.1, -0.05) is 6.07 Å². The van der Waals surface area contributed by atoms with Crippen LogP contribution in [0.5, 0.6) is 5.88 Å². The van der Waals surface area contributed by atoms with Crippen molar-refractivity contribution >= 4 is 23.0 Å². The second kappa shape index (κ2) is 7.94. The zero-order chi connectivity index (χ0) is 20.6. The Morgan fingerprint density at radius 1 is 1.27 bits per heavy atom. The minimum atomic E-state index is -0.730. The van der Waals surface area contributed by atoms with Gasteiger partial charge in [0.25, 0.3) is 0 Å². The Hall–Kier alpha value is -2.55. The third kappa shape index (κ3) is 4.03. The Kier molecular flexibility index (Phi) is 5.14. The van der Waals surface area contributed by atoms with Crippen LogP contribution in [-0.4, -0.2) is 39.4 Å². The normalized spacial score (nSPS) is 20.0. The minimum Gasteiger partial charge on any atom is -0.472 e. The first-order valence-electron chi connectivity index (χ1n) is 10.2. The molecule has 0 spiro atoms. The van der Waals surface area contributed by atoms with Crippen molar-refractivity contribution in [1.82, 2.24) is 15.0 Å². The van der Waals surface area contributed by atoms with Crippen molar-refractivity contribution in [3.8, 4) is 16.3 Å². The summed E-state index contributed by atoms with van der Waals surface area (Å²) in [5.74, 6) is 1.02. The number of anilines is 2. The molecule has 0 bridgehead atoms. The quantitative estimate of drug-likeness (QED) is 0.613. The van der Waals surface area contributed by atoms with Crippen LogP contribution in [0, 0.1) is 6.92 Å². The average Bonchev–Trinajstić information content (AvgIpc) is 3.38. The number of aromatic nitrogens is 3. The largest absolute Gasteiger partial charge is 0.472 e. The highest BCUT2D eigenvalue weighted by Crippen LogP contribution is 2.44. The third-order valence-corrected chi connectivity index (χ3v) is 6.75. The summed E-state index contributed by atoms with van der Waals surface area (Å²) in [6, 6.07) is 7.98. The molecule has 30 heavy (non-hydrogen) atoms. The van der Waals surface area contributed by atoms with Gasteiger partial charge in [-0.3, -0.25) is 0 Å². The molecule has 8 heteroatoms. The van der Waals surface area contributed by atoms with Crippen LogP contribution in [0.4, 0.5) is 11.6 Å². The van der Waals surface area contributed by atoms with Gasteiger partial charge in [-0.25, -0.2) is 9.97 Å². The highest BCUT2D eigenvalue weighted by Gasteiger charge is 2.39. The molecule has 156 valence electrons. The smallest absolute Gasteiger partial charge is 0.230 e. The summed E-state index contributed by atoms with van der Waals surface area (Å²) in [5, 5.41) is 14.7. The van der Waals surface area contributed by atoms with Crippen molar-refractivity contribution in [2.45, 2.75) is 44.3 Å². The highest BCUT2D eigenvalue weighted by molar-refractivity contribution is 7.15. The van der Waals surface area contributed by atoms with Gasteiger partial charge in [-0.15, -0.1) is 11.3 Å². The fraction of sp³-hybridized carbons (Fsp3) is 0.409. The maximum Gasteiger partial charge on any atom is 0.230 e. The van der Waals surface area contributed by atoms with E-state index >= 15 is 0 Å².